The van der Waals surface area contributed by atoms with Crippen molar-refractivity contribution >= 4 is 16.9 Å². The molecule has 0 aliphatic rings. The summed E-state index contributed by atoms with van der Waals surface area (Å²) in [5, 5.41) is 18.8. The van der Waals surface area contributed by atoms with E-state index in [4.69, 9.17) is 14.8 Å². The van der Waals surface area contributed by atoms with Crippen LogP contribution < -0.4 is 0 Å². The average molecular weight is 266 g/mol. The van der Waals surface area contributed by atoms with Gasteiger partial charge in [-0.2, -0.15) is 5.26 Å². The predicted molar refractivity (Wildman–Crippen MR) is 71.4 cm³/mol. The molecule has 0 radical (unpaired) electrons. The van der Waals surface area contributed by atoms with Gasteiger partial charge in [-0.15, -0.1) is 0 Å². The molecule has 2 aromatic heterocycles. The molecule has 0 amide bonds. The van der Waals surface area contributed by atoms with E-state index in [-0.39, 0.29) is 5.76 Å². The minimum Gasteiger partial charge on any atom is -0.475 e. The van der Waals surface area contributed by atoms with Gasteiger partial charge in [0, 0.05) is 22.7 Å². The number of nitriles is 1. The molecule has 0 bridgehead atoms. The maximum Gasteiger partial charge on any atom is 0.372 e. The number of carbonyl (C=O) groups is 1. The van der Waals surface area contributed by atoms with E-state index in [1.165, 1.54) is 6.26 Å². The molecule has 0 saturated heterocycles. The minimum absolute atomic E-state index is 0.0412. The molecule has 0 atom stereocenters. The van der Waals surface area contributed by atoms with E-state index in [0.29, 0.717) is 17.7 Å². The fourth-order valence-corrected chi connectivity index (χ4v) is 2.24. The van der Waals surface area contributed by atoms with Gasteiger partial charge < -0.3 is 14.1 Å². The SMILES string of the molecule is N#Cc1ccc2c(ccn2Cc2ccoc2C(=O)O)c1. The molecular formula is C15H10N2O3. The molecule has 1 aromatic carbocycles. The van der Waals surface area contributed by atoms with Crippen LogP contribution in [-0.2, 0) is 6.54 Å². The predicted octanol–water partition coefficient (Wildman–Crippen LogP) is 2.85. The highest BCUT2D eigenvalue weighted by Crippen LogP contribution is 2.20. The Bertz CT molecular complexity index is 836. The molecule has 0 aliphatic heterocycles. The van der Waals surface area contributed by atoms with Crippen LogP contribution in [0.25, 0.3) is 10.9 Å². The van der Waals surface area contributed by atoms with Gasteiger partial charge in [-0.25, -0.2) is 4.79 Å². The van der Waals surface area contributed by atoms with Gasteiger partial charge in [0.05, 0.1) is 24.4 Å². The number of hydrogen-bond donors (Lipinski definition) is 1. The highest BCUT2D eigenvalue weighted by Gasteiger charge is 2.14. The van der Waals surface area contributed by atoms with E-state index in [1.54, 1.807) is 18.2 Å². The number of fused-ring (bicyclic) bond motifs is 1. The standard InChI is InChI=1S/C15H10N2O3/c16-8-10-1-2-13-11(7-10)3-5-17(13)9-12-4-6-20-14(12)15(18)19/h1-7H,9H2,(H,18,19). The van der Waals surface area contributed by atoms with E-state index >= 15 is 0 Å². The Morgan fingerprint density at radius 3 is 2.95 bits per heavy atom. The highest BCUT2D eigenvalue weighted by molar-refractivity contribution is 5.86. The summed E-state index contributed by atoms with van der Waals surface area (Å²) < 4.78 is 6.89. The van der Waals surface area contributed by atoms with Crippen LogP contribution in [0.3, 0.4) is 0 Å². The van der Waals surface area contributed by atoms with Crippen LogP contribution in [-0.4, -0.2) is 15.6 Å². The van der Waals surface area contributed by atoms with Crippen LogP contribution >= 0.6 is 0 Å². The lowest BCUT2D eigenvalue weighted by Gasteiger charge is -2.04. The third kappa shape index (κ3) is 1.93. The number of carboxylic acid groups (broad SMARTS) is 1. The summed E-state index contributed by atoms with van der Waals surface area (Å²) in [6.45, 7) is 0.410. The van der Waals surface area contributed by atoms with Gasteiger partial charge in [-0.05, 0) is 30.3 Å². The summed E-state index contributed by atoms with van der Waals surface area (Å²) in [5.41, 5.74) is 2.16. The summed E-state index contributed by atoms with van der Waals surface area (Å²) in [7, 11) is 0. The second-order valence-electron chi connectivity index (χ2n) is 4.41. The third-order valence-corrected chi connectivity index (χ3v) is 3.18. The smallest absolute Gasteiger partial charge is 0.372 e. The Labute approximate surface area is 114 Å². The quantitative estimate of drug-likeness (QED) is 0.790. The first-order valence-corrected chi connectivity index (χ1v) is 5.97. The molecule has 98 valence electrons. The lowest BCUT2D eigenvalue weighted by Crippen LogP contribution is -2.03. The van der Waals surface area contributed by atoms with Crippen molar-refractivity contribution in [3.8, 4) is 6.07 Å². The first-order valence-electron chi connectivity index (χ1n) is 5.97. The monoisotopic (exact) mass is 266 g/mol. The Kier molecular flexibility index (Phi) is 2.77. The van der Waals surface area contributed by atoms with Crippen molar-refractivity contribution in [1.82, 2.24) is 4.57 Å². The van der Waals surface area contributed by atoms with Crippen LogP contribution in [0, 0.1) is 11.3 Å². The highest BCUT2D eigenvalue weighted by atomic mass is 16.4. The Hall–Kier alpha value is -3.00. The van der Waals surface area contributed by atoms with E-state index in [2.05, 4.69) is 6.07 Å². The number of aromatic nitrogens is 1. The lowest BCUT2D eigenvalue weighted by atomic mass is 10.2. The number of furan rings is 1. The van der Waals surface area contributed by atoms with E-state index in [9.17, 15) is 4.79 Å². The normalized spacial score (nSPS) is 10.6. The number of benzene rings is 1. The molecular weight excluding hydrogens is 256 g/mol. The summed E-state index contributed by atoms with van der Waals surface area (Å²) >= 11 is 0. The van der Waals surface area contributed by atoms with Gasteiger partial charge in [-0.1, -0.05) is 0 Å². The van der Waals surface area contributed by atoms with Crippen molar-refractivity contribution in [3.05, 3.63) is 59.7 Å². The van der Waals surface area contributed by atoms with Crippen LogP contribution in [0.15, 0.2) is 47.2 Å². The fraction of sp³-hybridized carbons (Fsp3) is 0.0667. The topological polar surface area (TPSA) is 79.2 Å². The second-order valence-corrected chi connectivity index (χ2v) is 4.41. The number of rotatable bonds is 3. The van der Waals surface area contributed by atoms with Crippen LogP contribution in [0.4, 0.5) is 0 Å². The Morgan fingerprint density at radius 2 is 2.20 bits per heavy atom. The second kappa shape index (κ2) is 4.59. The first-order chi connectivity index (χ1) is 9.69. The molecule has 0 fully saturated rings. The zero-order valence-corrected chi connectivity index (χ0v) is 10.4. The zero-order valence-electron chi connectivity index (χ0n) is 10.4. The summed E-state index contributed by atoms with van der Waals surface area (Å²) in [6.07, 6.45) is 3.24. The zero-order chi connectivity index (χ0) is 14.1. The average Bonchev–Trinajstić information content (AvgIpc) is 3.06. The number of hydrogen-bond acceptors (Lipinski definition) is 3. The summed E-state index contributed by atoms with van der Waals surface area (Å²) in [4.78, 5) is 11.0. The Balaban J connectivity index is 2.01. The fourth-order valence-electron chi connectivity index (χ4n) is 2.24. The van der Waals surface area contributed by atoms with Gasteiger partial charge >= 0.3 is 5.97 Å². The maximum atomic E-state index is 11.0. The van der Waals surface area contributed by atoms with Crippen LogP contribution in [0.2, 0.25) is 0 Å². The molecule has 0 spiro atoms. The number of nitrogens with zero attached hydrogens (tertiary/aromatic N) is 2. The lowest BCUT2D eigenvalue weighted by molar-refractivity contribution is 0.0660. The number of carboxylic acids is 1. The van der Waals surface area contributed by atoms with E-state index in [1.807, 2.05) is 22.9 Å². The molecule has 0 aliphatic carbocycles. The summed E-state index contributed by atoms with van der Waals surface area (Å²) in [5.74, 6) is -1.12. The van der Waals surface area contributed by atoms with Gasteiger partial charge in [0.1, 0.15) is 0 Å². The van der Waals surface area contributed by atoms with Gasteiger partial charge in [0.25, 0.3) is 0 Å². The summed E-state index contributed by atoms with van der Waals surface area (Å²) in [6, 6.07) is 11.1. The molecule has 2 heterocycles. The Morgan fingerprint density at radius 1 is 1.35 bits per heavy atom. The molecule has 1 N–H and O–H groups in total. The van der Waals surface area contributed by atoms with Crippen molar-refractivity contribution in [2.45, 2.75) is 6.54 Å². The molecule has 20 heavy (non-hydrogen) atoms. The van der Waals surface area contributed by atoms with Crippen molar-refractivity contribution in [1.29, 1.82) is 5.26 Å². The molecule has 0 saturated carbocycles. The van der Waals surface area contributed by atoms with Crippen molar-refractivity contribution in [2.24, 2.45) is 0 Å². The van der Waals surface area contributed by atoms with E-state index in [0.717, 1.165) is 10.9 Å². The number of aromatic carboxylic acids is 1. The largest absolute Gasteiger partial charge is 0.475 e. The van der Waals surface area contributed by atoms with Gasteiger partial charge in [0.15, 0.2) is 0 Å². The van der Waals surface area contributed by atoms with Gasteiger partial charge in [0.2, 0.25) is 5.76 Å². The molecule has 3 rings (SSSR count). The molecule has 0 unspecified atom stereocenters. The van der Waals surface area contributed by atoms with Crippen LogP contribution in [0.1, 0.15) is 21.7 Å². The third-order valence-electron chi connectivity index (χ3n) is 3.18. The van der Waals surface area contributed by atoms with Crippen molar-refractivity contribution < 1.29 is 14.3 Å². The maximum absolute atomic E-state index is 11.0. The minimum atomic E-state index is -1.08. The first kappa shape index (κ1) is 12.1. The molecule has 5 nitrogen and oxygen atoms in total. The molecule has 3 aromatic rings. The van der Waals surface area contributed by atoms with Crippen LogP contribution in [0.5, 0.6) is 0 Å². The van der Waals surface area contributed by atoms with Gasteiger partial charge in [-0.3, -0.25) is 0 Å². The van der Waals surface area contributed by atoms with Crippen molar-refractivity contribution in [3.63, 3.8) is 0 Å². The van der Waals surface area contributed by atoms with Crippen molar-refractivity contribution in [2.75, 3.05) is 0 Å². The van der Waals surface area contributed by atoms with E-state index < -0.39 is 5.97 Å². The molecule has 5 heteroatoms.